The molecule has 1 unspecified atom stereocenters. The van der Waals surface area contributed by atoms with Crippen LogP contribution in [-0.2, 0) is 22.7 Å². The van der Waals surface area contributed by atoms with Crippen molar-refractivity contribution in [2.45, 2.75) is 44.9 Å². The number of fused-ring (bicyclic) bond motifs is 3. The molecule has 6 rings (SSSR count). The van der Waals surface area contributed by atoms with E-state index in [1.807, 2.05) is 29.5 Å². The van der Waals surface area contributed by atoms with Gasteiger partial charge in [-0.2, -0.15) is 26.3 Å². The topological polar surface area (TPSA) is 159 Å². The van der Waals surface area contributed by atoms with Gasteiger partial charge in [-0.05, 0) is 54.8 Å². The fourth-order valence-corrected chi connectivity index (χ4v) is 5.12. The number of pyridine rings is 1. The number of carboxylic acids is 2. The van der Waals surface area contributed by atoms with Gasteiger partial charge in [0.2, 0.25) is 5.89 Å². The first-order valence-electron chi connectivity index (χ1n) is 13.5. The lowest BCUT2D eigenvalue weighted by Gasteiger charge is -2.17. The van der Waals surface area contributed by atoms with Gasteiger partial charge >= 0.3 is 24.3 Å². The van der Waals surface area contributed by atoms with E-state index in [0.717, 1.165) is 58.8 Å². The minimum Gasteiger partial charge on any atom is -0.475 e. The molecule has 1 aliphatic rings. The number of likely N-dealkylation sites (tertiary alicyclic amines) is 1. The number of β-amino-alcohol motifs (C(OH)–C–C–N with tert-alkyl or cyclic N) is 1. The van der Waals surface area contributed by atoms with Gasteiger partial charge in [-0.25, -0.2) is 14.6 Å². The Bertz CT molecular complexity index is 1850. The highest BCUT2D eigenvalue weighted by Gasteiger charge is 2.39. The van der Waals surface area contributed by atoms with Gasteiger partial charge < -0.3 is 24.3 Å². The molecule has 19 heteroatoms. The van der Waals surface area contributed by atoms with Crippen LogP contribution in [0.1, 0.15) is 23.4 Å². The van der Waals surface area contributed by atoms with Gasteiger partial charge in [-0.1, -0.05) is 17.7 Å². The molecule has 3 N–H and O–H groups in total. The highest BCUT2D eigenvalue weighted by atomic mass is 35.5. The first kappa shape index (κ1) is 35.2. The molecule has 0 amide bonds. The third-order valence-corrected chi connectivity index (χ3v) is 6.96. The zero-order chi connectivity index (χ0) is 34.7. The van der Waals surface area contributed by atoms with E-state index in [0.29, 0.717) is 24.0 Å². The summed E-state index contributed by atoms with van der Waals surface area (Å²) in [6.45, 7) is 4.91. The van der Waals surface area contributed by atoms with E-state index in [4.69, 9.17) is 35.8 Å². The number of oxazole rings is 1. The number of aliphatic hydroxyl groups is 1. The molecule has 1 fully saturated rings. The second kappa shape index (κ2) is 14.0. The Morgan fingerprint density at radius 3 is 2.11 bits per heavy atom. The molecule has 12 nitrogen and oxygen atoms in total. The summed E-state index contributed by atoms with van der Waals surface area (Å²) in [5, 5.41) is 33.3. The van der Waals surface area contributed by atoms with Crippen molar-refractivity contribution in [3.63, 3.8) is 0 Å². The van der Waals surface area contributed by atoms with Crippen molar-refractivity contribution < 1.29 is 55.7 Å². The van der Waals surface area contributed by atoms with E-state index >= 15 is 0 Å². The van der Waals surface area contributed by atoms with Crippen molar-refractivity contribution in [1.29, 1.82) is 0 Å². The van der Waals surface area contributed by atoms with Crippen molar-refractivity contribution >= 4 is 40.2 Å². The highest BCUT2D eigenvalue weighted by Crippen LogP contribution is 2.30. The summed E-state index contributed by atoms with van der Waals surface area (Å²) in [5.41, 5.74) is 5.92. The highest BCUT2D eigenvalue weighted by molar-refractivity contribution is 6.30. The molecule has 252 valence electrons. The standard InChI is InChI=1S/C24H23ClN6O2.2C2HF3O2/c1-15-27-28-23-3-2-20-21(31(15)23)11-22(24-26-5-7-33-24)30(20)13-17-8-16(9-18(25)10-17)12-29-6-4-19(32)14-29;2*3-2(4,5)1(6)7/h2-3,5,7-11,19,32H,4,6,12-14H2,1H3;2*(H,6,7). The number of halogens is 7. The van der Waals surface area contributed by atoms with Crippen molar-refractivity contribution in [2.24, 2.45) is 0 Å². The maximum atomic E-state index is 10.6. The van der Waals surface area contributed by atoms with Gasteiger partial charge in [-0.15, -0.1) is 10.2 Å². The van der Waals surface area contributed by atoms with Crippen LogP contribution in [-0.4, -0.2) is 87.9 Å². The van der Waals surface area contributed by atoms with Crippen LogP contribution in [0.5, 0.6) is 0 Å². The SMILES string of the molecule is Cc1nnc2ccc3c(cc(-c4ncco4)n3Cc3cc(Cl)cc(CN4CCC(O)C4)c3)n12.O=C(O)C(F)(F)F.O=C(O)C(F)(F)F. The summed E-state index contributed by atoms with van der Waals surface area (Å²) in [7, 11) is 0. The Morgan fingerprint density at radius 1 is 0.957 bits per heavy atom. The molecule has 0 aliphatic carbocycles. The summed E-state index contributed by atoms with van der Waals surface area (Å²) in [6.07, 6.45) is -6.35. The third kappa shape index (κ3) is 8.78. The second-order valence-corrected chi connectivity index (χ2v) is 10.7. The number of aromatic nitrogens is 5. The molecule has 0 bridgehead atoms. The van der Waals surface area contributed by atoms with Crippen molar-refractivity contribution in [2.75, 3.05) is 13.1 Å². The first-order valence-corrected chi connectivity index (χ1v) is 13.8. The number of carbonyl (C=O) groups is 2. The molecule has 0 radical (unpaired) electrons. The number of hydrogen-bond acceptors (Lipinski definition) is 8. The smallest absolute Gasteiger partial charge is 0.475 e. The number of aryl methyl sites for hydroxylation is 1. The van der Waals surface area contributed by atoms with E-state index in [2.05, 4.69) is 42.8 Å². The fraction of sp³-hybridized carbons (Fsp3) is 0.321. The van der Waals surface area contributed by atoms with Crippen LogP contribution < -0.4 is 0 Å². The van der Waals surface area contributed by atoms with Crippen molar-refractivity contribution in [3.8, 4) is 11.6 Å². The number of rotatable bonds is 5. The van der Waals surface area contributed by atoms with Gasteiger partial charge in [0.1, 0.15) is 17.8 Å². The maximum absolute atomic E-state index is 10.6. The van der Waals surface area contributed by atoms with Gasteiger partial charge in [0, 0.05) is 31.2 Å². The Hall–Kier alpha value is -4.68. The lowest BCUT2D eigenvalue weighted by atomic mass is 10.1. The average molecular weight is 691 g/mol. The molecule has 1 aromatic carbocycles. The van der Waals surface area contributed by atoms with Gasteiger partial charge in [0.05, 0.1) is 23.3 Å². The van der Waals surface area contributed by atoms with Crippen LogP contribution in [0.2, 0.25) is 5.02 Å². The van der Waals surface area contributed by atoms with Crippen LogP contribution in [0.4, 0.5) is 26.3 Å². The van der Waals surface area contributed by atoms with Crippen LogP contribution in [0, 0.1) is 6.92 Å². The van der Waals surface area contributed by atoms with Gasteiger partial charge in [-0.3, -0.25) is 9.30 Å². The van der Waals surface area contributed by atoms with E-state index in [1.165, 1.54) is 0 Å². The summed E-state index contributed by atoms with van der Waals surface area (Å²) in [6, 6.07) is 12.3. The zero-order valence-corrected chi connectivity index (χ0v) is 24.9. The number of nitrogens with zero attached hydrogens (tertiary/aromatic N) is 6. The van der Waals surface area contributed by atoms with E-state index in [-0.39, 0.29) is 6.10 Å². The number of aliphatic carboxylic acids is 2. The zero-order valence-electron chi connectivity index (χ0n) is 24.1. The summed E-state index contributed by atoms with van der Waals surface area (Å²) >= 11 is 6.52. The Morgan fingerprint density at radius 2 is 1.57 bits per heavy atom. The number of benzene rings is 1. The Balaban J connectivity index is 0.000000301. The van der Waals surface area contributed by atoms with E-state index in [9.17, 15) is 31.4 Å². The molecule has 47 heavy (non-hydrogen) atoms. The lowest BCUT2D eigenvalue weighted by Crippen LogP contribution is -2.21. The normalized spacial score (nSPS) is 15.3. The minimum absolute atomic E-state index is 0.240. The van der Waals surface area contributed by atoms with Crippen LogP contribution in [0.15, 0.2) is 53.3 Å². The summed E-state index contributed by atoms with van der Waals surface area (Å²) in [4.78, 5) is 24.5. The molecule has 5 aromatic rings. The summed E-state index contributed by atoms with van der Waals surface area (Å²) < 4.78 is 73.4. The molecule has 1 saturated heterocycles. The van der Waals surface area contributed by atoms with Crippen LogP contribution in [0.3, 0.4) is 0 Å². The van der Waals surface area contributed by atoms with Gasteiger partial charge in [0.25, 0.3) is 0 Å². The Labute approximate surface area is 265 Å². The number of carboxylic acid groups (broad SMARTS) is 2. The lowest BCUT2D eigenvalue weighted by molar-refractivity contribution is -0.193. The van der Waals surface area contributed by atoms with Crippen LogP contribution in [0.25, 0.3) is 28.3 Å². The predicted molar refractivity (Wildman–Crippen MR) is 153 cm³/mol. The van der Waals surface area contributed by atoms with E-state index in [1.54, 1.807) is 12.5 Å². The monoisotopic (exact) mass is 690 g/mol. The van der Waals surface area contributed by atoms with Crippen molar-refractivity contribution in [3.05, 3.63) is 70.8 Å². The van der Waals surface area contributed by atoms with E-state index < -0.39 is 24.3 Å². The van der Waals surface area contributed by atoms with Gasteiger partial charge in [0.15, 0.2) is 5.65 Å². The molecule has 0 spiro atoms. The average Bonchev–Trinajstić information content (AvgIpc) is 3.76. The molecule has 1 atom stereocenters. The first-order chi connectivity index (χ1) is 21.9. The molecule has 0 saturated carbocycles. The molecular formula is C28H25ClF6N6O6. The second-order valence-electron chi connectivity index (χ2n) is 10.2. The quantitative estimate of drug-likeness (QED) is 0.210. The predicted octanol–water partition coefficient (Wildman–Crippen LogP) is 5.18. The molecular weight excluding hydrogens is 666 g/mol. The molecule has 5 heterocycles. The molecule has 4 aromatic heterocycles. The summed E-state index contributed by atoms with van der Waals surface area (Å²) in [5.74, 6) is -4.14. The number of alkyl halides is 6. The maximum Gasteiger partial charge on any atom is 0.490 e. The van der Waals surface area contributed by atoms with Crippen molar-refractivity contribution in [1.82, 2.24) is 29.0 Å². The number of hydrogen-bond donors (Lipinski definition) is 3. The van der Waals surface area contributed by atoms with Crippen LogP contribution >= 0.6 is 11.6 Å². The fourth-order valence-electron chi connectivity index (χ4n) is 4.84. The minimum atomic E-state index is -5.08. The number of aliphatic hydroxyl groups excluding tert-OH is 1. The molecule has 1 aliphatic heterocycles. The third-order valence-electron chi connectivity index (χ3n) is 6.75. The largest absolute Gasteiger partial charge is 0.490 e. The Kier molecular flexibility index (Phi) is 10.5.